The number of likely N-dealkylation sites (tertiary alicyclic amines) is 1. The molecule has 3 nitrogen and oxygen atoms in total. The van der Waals surface area contributed by atoms with Crippen LogP contribution in [0.1, 0.15) is 38.5 Å². The summed E-state index contributed by atoms with van der Waals surface area (Å²) in [7, 11) is 0. The highest BCUT2D eigenvalue weighted by molar-refractivity contribution is 5.78. The molecule has 2 rings (SSSR count). The summed E-state index contributed by atoms with van der Waals surface area (Å²) in [6, 6.07) is 0. The molecule has 80 valence electrons. The zero-order valence-electron chi connectivity index (χ0n) is 8.61. The van der Waals surface area contributed by atoms with Crippen LogP contribution in [0, 0.1) is 5.92 Å². The minimum atomic E-state index is -0.0828. The van der Waals surface area contributed by atoms with Crippen LogP contribution in [0.25, 0.3) is 0 Å². The van der Waals surface area contributed by atoms with Gasteiger partial charge in [-0.1, -0.05) is 0 Å². The predicted molar refractivity (Wildman–Crippen MR) is 53.8 cm³/mol. The lowest BCUT2D eigenvalue weighted by Gasteiger charge is -2.28. The average Bonchev–Trinajstić information content (AvgIpc) is 2.56. The van der Waals surface area contributed by atoms with Crippen molar-refractivity contribution in [2.75, 3.05) is 13.1 Å². The summed E-state index contributed by atoms with van der Waals surface area (Å²) in [5, 5.41) is 9.36. The van der Waals surface area contributed by atoms with E-state index in [2.05, 4.69) is 0 Å². The fraction of sp³-hybridized carbons (Fsp3) is 0.909. The maximum absolute atomic E-state index is 11.4. The van der Waals surface area contributed by atoms with Gasteiger partial charge in [-0.15, -0.1) is 0 Å². The fourth-order valence-corrected chi connectivity index (χ4v) is 2.54. The van der Waals surface area contributed by atoms with Gasteiger partial charge < -0.3 is 10.0 Å². The van der Waals surface area contributed by atoms with Crippen molar-refractivity contribution in [3.63, 3.8) is 0 Å². The van der Waals surface area contributed by atoms with Crippen LogP contribution in [0.3, 0.4) is 0 Å². The fourth-order valence-electron chi connectivity index (χ4n) is 2.54. The first-order valence-electron chi connectivity index (χ1n) is 5.71. The maximum Gasteiger partial charge on any atom is 0.222 e. The lowest BCUT2D eigenvalue weighted by atomic mass is 9.87. The van der Waals surface area contributed by atoms with E-state index >= 15 is 0 Å². The van der Waals surface area contributed by atoms with Crippen molar-refractivity contribution < 1.29 is 9.90 Å². The van der Waals surface area contributed by atoms with Gasteiger partial charge in [0.1, 0.15) is 0 Å². The molecule has 1 heterocycles. The van der Waals surface area contributed by atoms with Crippen LogP contribution < -0.4 is 0 Å². The Morgan fingerprint density at radius 2 is 2.00 bits per heavy atom. The highest BCUT2D eigenvalue weighted by atomic mass is 16.3. The summed E-state index contributed by atoms with van der Waals surface area (Å²) in [5.74, 6) is 0.969. The van der Waals surface area contributed by atoms with Crippen molar-refractivity contribution in [1.29, 1.82) is 0 Å². The quantitative estimate of drug-likeness (QED) is 0.721. The van der Waals surface area contributed by atoms with E-state index in [0.29, 0.717) is 11.8 Å². The molecule has 0 atom stereocenters. The van der Waals surface area contributed by atoms with E-state index < -0.39 is 0 Å². The highest BCUT2D eigenvalue weighted by Crippen LogP contribution is 2.26. The van der Waals surface area contributed by atoms with E-state index in [0.717, 1.165) is 51.6 Å². The molecule has 2 aliphatic rings. The molecule has 0 bridgehead atoms. The summed E-state index contributed by atoms with van der Waals surface area (Å²) in [4.78, 5) is 13.4. The SMILES string of the molecule is O=C1CCCN1CC1CCC(O)CC1. The van der Waals surface area contributed by atoms with E-state index in [1.54, 1.807) is 0 Å². The minimum Gasteiger partial charge on any atom is -0.393 e. The highest BCUT2D eigenvalue weighted by Gasteiger charge is 2.26. The minimum absolute atomic E-state index is 0.0828. The molecule has 1 aliphatic heterocycles. The summed E-state index contributed by atoms with van der Waals surface area (Å²) >= 11 is 0. The van der Waals surface area contributed by atoms with Gasteiger partial charge in [0.25, 0.3) is 0 Å². The third-order valence-electron chi connectivity index (χ3n) is 3.47. The Bertz CT molecular complexity index is 209. The molecule has 0 aromatic carbocycles. The molecule has 1 saturated carbocycles. The van der Waals surface area contributed by atoms with Gasteiger partial charge in [0.15, 0.2) is 0 Å². The van der Waals surface area contributed by atoms with E-state index in [4.69, 9.17) is 0 Å². The molecule has 1 aliphatic carbocycles. The number of aliphatic hydroxyl groups is 1. The molecule has 0 unspecified atom stereocenters. The largest absolute Gasteiger partial charge is 0.393 e. The number of nitrogens with zero attached hydrogens (tertiary/aromatic N) is 1. The van der Waals surface area contributed by atoms with Crippen molar-refractivity contribution in [3.8, 4) is 0 Å². The van der Waals surface area contributed by atoms with Gasteiger partial charge >= 0.3 is 0 Å². The standard InChI is InChI=1S/C11H19NO2/c13-10-5-3-9(4-6-10)8-12-7-1-2-11(12)14/h9-10,13H,1-8H2. The predicted octanol–water partition coefficient (Wildman–Crippen LogP) is 1.16. The monoisotopic (exact) mass is 197 g/mol. The Kier molecular flexibility index (Phi) is 3.06. The summed E-state index contributed by atoms with van der Waals surface area (Å²) in [5.41, 5.74) is 0. The number of hydrogen-bond acceptors (Lipinski definition) is 2. The van der Waals surface area contributed by atoms with Crippen LogP contribution in [0.15, 0.2) is 0 Å². The van der Waals surface area contributed by atoms with Crippen molar-refractivity contribution in [3.05, 3.63) is 0 Å². The molecule has 1 amide bonds. The number of amides is 1. The summed E-state index contributed by atoms with van der Waals surface area (Å²) in [6.45, 7) is 1.89. The maximum atomic E-state index is 11.4. The number of carbonyl (C=O) groups excluding carboxylic acids is 1. The average molecular weight is 197 g/mol. The summed E-state index contributed by atoms with van der Waals surface area (Å²) < 4.78 is 0. The Labute approximate surface area is 85.1 Å². The molecule has 0 aromatic rings. The van der Waals surface area contributed by atoms with Gasteiger partial charge in [0, 0.05) is 19.5 Å². The van der Waals surface area contributed by atoms with Crippen molar-refractivity contribution in [1.82, 2.24) is 4.90 Å². The second-order valence-corrected chi connectivity index (χ2v) is 4.62. The Hall–Kier alpha value is -0.570. The molecule has 0 aromatic heterocycles. The first kappa shape index (κ1) is 9.97. The van der Waals surface area contributed by atoms with Crippen LogP contribution in [0.4, 0.5) is 0 Å². The van der Waals surface area contributed by atoms with E-state index in [1.807, 2.05) is 4.90 Å². The van der Waals surface area contributed by atoms with Crippen LogP contribution in [-0.2, 0) is 4.79 Å². The van der Waals surface area contributed by atoms with Crippen LogP contribution in [0.5, 0.6) is 0 Å². The Morgan fingerprint density at radius 3 is 2.57 bits per heavy atom. The Balaban J connectivity index is 1.77. The van der Waals surface area contributed by atoms with Crippen molar-refractivity contribution >= 4 is 5.91 Å². The van der Waals surface area contributed by atoms with E-state index in [-0.39, 0.29) is 6.10 Å². The molecule has 3 heteroatoms. The third kappa shape index (κ3) is 2.27. The zero-order chi connectivity index (χ0) is 9.97. The van der Waals surface area contributed by atoms with E-state index in [1.165, 1.54) is 0 Å². The smallest absolute Gasteiger partial charge is 0.222 e. The number of rotatable bonds is 2. The first-order chi connectivity index (χ1) is 6.75. The zero-order valence-corrected chi connectivity index (χ0v) is 8.61. The van der Waals surface area contributed by atoms with Crippen LogP contribution in [0.2, 0.25) is 0 Å². The topological polar surface area (TPSA) is 40.5 Å². The lowest BCUT2D eigenvalue weighted by molar-refractivity contribution is -0.128. The molecule has 0 spiro atoms. The normalized spacial score (nSPS) is 33.8. The molecule has 1 saturated heterocycles. The molecule has 14 heavy (non-hydrogen) atoms. The molecule has 0 radical (unpaired) electrons. The number of hydrogen-bond donors (Lipinski definition) is 1. The number of aliphatic hydroxyl groups excluding tert-OH is 1. The lowest BCUT2D eigenvalue weighted by Crippen LogP contribution is -2.33. The van der Waals surface area contributed by atoms with Crippen molar-refractivity contribution in [2.45, 2.75) is 44.6 Å². The van der Waals surface area contributed by atoms with Crippen LogP contribution in [-0.4, -0.2) is 35.1 Å². The first-order valence-corrected chi connectivity index (χ1v) is 5.71. The van der Waals surface area contributed by atoms with Gasteiger partial charge in [0.2, 0.25) is 5.91 Å². The second kappa shape index (κ2) is 4.30. The molecular formula is C11H19NO2. The van der Waals surface area contributed by atoms with E-state index in [9.17, 15) is 9.90 Å². The second-order valence-electron chi connectivity index (χ2n) is 4.62. The molecular weight excluding hydrogens is 178 g/mol. The van der Waals surface area contributed by atoms with Gasteiger partial charge in [-0.05, 0) is 38.0 Å². The summed E-state index contributed by atoms with van der Waals surface area (Å²) in [6.07, 6.45) is 5.72. The van der Waals surface area contributed by atoms with Crippen LogP contribution >= 0.6 is 0 Å². The van der Waals surface area contributed by atoms with Crippen molar-refractivity contribution in [2.24, 2.45) is 5.92 Å². The third-order valence-corrected chi connectivity index (χ3v) is 3.47. The number of carbonyl (C=O) groups is 1. The molecule has 2 fully saturated rings. The van der Waals surface area contributed by atoms with Gasteiger partial charge in [-0.2, -0.15) is 0 Å². The Morgan fingerprint density at radius 1 is 1.29 bits per heavy atom. The van der Waals surface area contributed by atoms with Gasteiger partial charge in [-0.25, -0.2) is 0 Å². The molecule has 1 N–H and O–H groups in total. The van der Waals surface area contributed by atoms with Gasteiger partial charge in [-0.3, -0.25) is 4.79 Å². The van der Waals surface area contributed by atoms with Gasteiger partial charge in [0.05, 0.1) is 6.10 Å².